The van der Waals surface area contributed by atoms with Gasteiger partial charge in [-0.2, -0.15) is 4.98 Å². The highest BCUT2D eigenvalue weighted by molar-refractivity contribution is 5.78. The summed E-state index contributed by atoms with van der Waals surface area (Å²) in [4.78, 5) is 11.0. The van der Waals surface area contributed by atoms with Gasteiger partial charge in [-0.25, -0.2) is 0 Å². The Morgan fingerprint density at radius 3 is 3.10 bits per heavy atom. The van der Waals surface area contributed by atoms with E-state index in [4.69, 9.17) is 10.2 Å². The van der Waals surface area contributed by atoms with Crippen LogP contribution in [0.4, 0.5) is 11.7 Å². The first-order valence-electron chi connectivity index (χ1n) is 7.14. The minimum atomic E-state index is 0.282. The lowest BCUT2D eigenvalue weighted by Crippen LogP contribution is -2.22. The lowest BCUT2D eigenvalue weighted by Gasteiger charge is -2.22. The third-order valence-electron chi connectivity index (χ3n) is 3.97. The van der Waals surface area contributed by atoms with Crippen molar-refractivity contribution < 1.29 is 4.42 Å². The number of rotatable bonds is 2. The molecule has 1 saturated heterocycles. The van der Waals surface area contributed by atoms with E-state index in [1.54, 1.807) is 6.20 Å². The lowest BCUT2D eigenvalue weighted by atomic mass is 10.1. The van der Waals surface area contributed by atoms with Gasteiger partial charge < -0.3 is 15.1 Å². The van der Waals surface area contributed by atoms with Crippen LogP contribution < -0.4 is 10.6 Å². The molecule has 3 heterocycles. The number of hydrogen-bond donors (Lipinski definition) is 1. The van der Waals surface area contributed by atoms with Crippen LogP contribution in [0.3, 0.4) is 0 Å². The van der Waals surface area contributed by atoms with E-state index in [1.807, 2.05) is 30.5 Å². The van der Waals surface area contributed by atoms with E-state index in [9.17, 15) is 0 Å². The number of nitrogen functional groups attached to an aromatic ring is 1. The number of hydrogen-bond acceptors (Lipinski definition) is 5. The highest BCUT2D eigenvalue weighted by Crippen LogP contribution is 2.36. The number of anilines is 2. The fourth-order valence-corrected chi connectivity index (χ4v) is 2.97. The Morgan fingerprint density at radius 2 is 2.24 bits per heavy atom. The molecule has 0 saturated carbocycles. The molecule has 2 N–H and O–H groups in total. The first-order valence-corrected chi connectivity index (χ1v) is 7.14. The topological polar surface area (TPSA) is 68.2 Å². The molecule has 1 aliphatic rings. The number of fused-ring (bicyclic) bond motifs is 1. The summed E-state index contributed by atoms with van der Waals surface area (Å²) in [6, 6.07) is 10.6. The second-order valence-electron chi connectivity index (χ2n) is 5.36. The first kappa shape index (κ1) is 12.2. The maximum absolute atomic E-state index is 5.90. The number of nitrogens with zero attached hydrogens (tertiary/aromatic N) is 3. The zero-order chi connectivity index (χ0) is 14.2. The summed E-state index contributed by atoms with van der Waals surface area (Å²) >= 11 is 0. The molecule has 0 spiro atoms. The Bertz CT molecular complexity index is 768. The summed E-state index contributed by atoms with van der Waals surface area (Å²) < 4.78 is 5.90. The average molecular weight is 280 g/mol. The van der Waals surface area contributed by atoms with Crippen LogP contribution in [0.1, 0.15) is 24.4 Å². The predicted molar refractivity (Wildman–Crippen MR) is 82.0 cm³/mol. The van der Waals surface area contributed by atoms with Crippen LogP contribution in [0.5, 0.6) is 0 Å². The van der Waals surface area contributed by atoms with Crippen LogP contribution in [-0.4, -0.2) is 16.5 Å². The Kier molecular flexibility index (Phi) is 2.77. The van der Waals surface area contributed by atoms with E-state index >= 15 is 0 Å². The van der Waals surface area contributed by atoms with Crippen molar-refractivity contribution in [3.63, 3.8) is 0 Å². The number of aromatic nitrogens is 2. The predicted octanol–water partition coefficient (Wildman–Crippen LogP) is 3.15. The van der Waals surface area contributed by atoms with E-state index in [2.05, 4.69) is 20.9 Å². The maximum atomic E-state index is 5.90. The van der Waals surface area contributed by atoms with Gasteiger partial charge in [0.15, 0.2) is 5.58 Å². The molecule has 3 aromatic rings. The molecular formula is C16H16N4O. The van der Waals surface area contributed by atoms with Crippen molar-refractivity contribution in [1.82, 2.24) is 9.97 Å². The average Bonchev–Trinajstić information content (AvgIpc) is 3.13. The second-order valence-corrected chi connectivity index (χ2v) is 5.36. The van der Waals surface area contributed by atoms with Crippen LogP contribution in [0, 0.1) is 0 Å². The summed E-state index contributed by atoms with van der Waals surface area (Å²) in [6.07, 6.45) is 5.93. The van der Waals surface area contributed by atoms with Gasteiger partial charge in [-0.3, -0.25) is 4.98 Å². The van der Waals surface area contributed by atoms with Crippen molar-refractivity contribution >= 4 is 22.8 Å². The summed E-state index contributed by atoms with van der Waals surface area (Å²) in [5.74, 6) is 0. The number of nitrogens with two attached hydrogens (primary N) is 1. The molecule has 0 bridgehead atoms. The van der Waals surface area contributed by atoms with Crippen molar-refractivity contribution in [2.45, 2.75) is 18.9 Å². The largest absolute Gasteiger partial charge is 0.423 e. The molecule has 106 valence electrons. The minimum absolute atomic E-state index is 0.282. The van der Waals surface area contributed by atoms with Gasteiger partial charge in [-0.05, 0) is 42.7 Å². The van der Waals surface area contributed by atoms with Gasteiger partial charge in [0, 0.05) is 24.6 Å². The lowest BCUT2D eigenvalue weighted by molar-refractivity contribution is 0.556. The molecule has 1 aliphatic heterocycles. The van der Waals surface area contributed by atoms with Gasteiger partial charge in [0.05, 0.1) is 6.04 Å². The van der Waals surface area contributed by atoms with Crippen molar-refractivity contribution in [2.75, 3.05) is 17.2 Å². The summed E-state index contributed by atoms with van der Waals surface area (Å²) in [5, 5.41) is 0. The molecule has 0 radical (unpaired) electrons. The van der Waals surface area contributed by atoms with Crippen molar-refractivity contribution in [1.29, 1.82) is 0 Å². The summed E-state index contributed by atoms with van der Waals surface area (Å²) in [6.45, 7) is 0.946. The first-order chi connectivity index (χ1) is 10.3. The van der Waals surface area contributed by atoms with Gasteiger partial charge in [0.1, 0.15) is 5.52 Å². The minimum Gasteiger partial charge on any atom is -0.423 e. The van der Waals surface area contributed by atoms with E-state index in [-0.39, 0.29) is 6.04 Å². The van der Waals surface area contributed by atoms with Crippen molar-refractivity contribution in [3.05, 3.63) is 48.3 Å². The fourth-order valence-electron chi connectivity index (χ4n) is 2.97. The third kappa shape index (κ3) is 2.11. The molecule has 0 amide bonds. The van der Waals surface area contributed by atoms with Crippen LogP contribution in [-0.2, 0) is 0 Å². The Labute approximate surface area is 122 Å². The SMILES string of the molecule is Nc1ccc2oc(N3CCCC3c3cccnc3)nc2c1. The smallest absolute Gasteiger partial charge is 0.298 e. The van der Waals surface area contributed by atoms with Gasteiger partial charge >= 0.3 is 0 Å². The number of benzene rings is 1. The molecule has 0 aliphatic carbocycles. The summed E-state index contributed by atoms with van der Waals surface area (Å²) in [7, 11) is 0. The highest BCUT2D eigenvalue weighted by atomic mass is 16.4. The monoisotopic (exact) mass is 280 g/mol. The Balaban J connectivity index is 1.73. The van der Waals surface area contributed by atoms with Gasteiger partial charge in [0.25, 0.3) is 6.01 Å². The van der Waals surface area contributed by atoms with Gasteiger partial charge in [-0.1, -0.05) is 6.07 Å². The molecule has 21 heavy (non-hydrogen) atoms. The normalized spacial score (nSPS) is 18.5. The van der Waals surface area contributed by atoms with Crippen LogP contribution in [0.25, 0.3) is 11.1 Å². The molecule has 1 aromatic carbocycles. The summed E-state index contributed by atoms with van der Waals surface area (Å²) in [5.41, 5.74) is 9.29. The Morgan fingerprint density at radius 1 is 1.29 bits per heavy atom. The van der Waals surface area contributed by atoms with Gasteiger partial charge in [-0.15, -0.1) is 0 Å². The number of oxazole rings is 1. The molecule has 1 unspecified atom stereocenters. The van der Waals surface area contributed by atoms with Crippen LogP contribution in [0.15, 0.2) is 47.1 Å². The van der Waals surface area contributed by atoms with E-state index < -0.39 is 0 Å². The standard InChI is InChI=1S/C16H16N4O/c17-12-5-6-15-13(9-12)19-16(21-15)20-8-2-4-14(20)11-3-1-7-18-10-11/h1,3,5-7,9-10,14H,2,4,8,17H2. The highest BCUT2D eigenvalue weighted by Gasteiger charge is 2.29. The molecular weight excluding hydrogens is 264 g/mol. The molecule has 5 heteroatoms. The molecule has 2 aromatic heterocycles. The quantitative estimate of drug-likeness (QED) is 0.730. The van der Waals surface area contributed by atoms with Crippen molar-refractivity contribution in [2.24, 2.45) is 0 Å². The van der Waals surface area contributed by atoms with Crippen LogP contribution >= 0.6 is 0 Å². The van der Waals surface area contributed by atoms with Crippen LogP contribution in [0.2, 0.25) is 0 Å². The van der Waals surface area contributed by atoms with Crippen molar-refractivity contribution in [3.8, 4) is 0 Å². The zero-order valence-electron chi connectivity index (χ0n) is 11.6. The third-order valence-corrected chi connectivity index (χ3v) is 3.97. The van der Waals surface area contributed by atoms with E-state index in [0.29, 0.717) is 11.7 Å². The molecule has 5 nitrogen and oxygen atoms in total. The molecule has 1 atom stereocenters. The molecule has 1 fully saturated rings. The second kappa shape index (κ2) is 4.77. The molecule has 4 rings (SSSR count). The number of pyridine rings is 1. The van der Waals surface area contributed by atoms with E-state index in [0.717, 1.165) is 30.5 Å². The van der Waals surface area contributed by atoms with Gasteiger partial charge in [0.2, 0.25) is 0 Å². The Hall–Kier alpha value is -2.56. The zero-order valence-corrected chi connectivity index (χ0v) is 11.6. The van der Waals surface area contributed by atoms with E-state index in [1.165, 1.54) is 5.56 Å². The maximum Gasteiger partial charge on any atom is 0.298 e. The fraction of sp³-hybridized carbons (Fsp3) is 0.250.